The minimum Gasteiger partial charge on any atom is -0.341 e. The maximum Gasteiger partial charge on any atom is 0.252 e. The molecule has 2 atom stereocenters. The third-order valence-corrected chi connectivity index (χ3v) is 7.24. The molecule has 7 nitrogen and oxygen atoms in total. The average Bonchev–Trinajstić information content (AvgIpc) is 3.54. The van der Waals surface area contributed by atoms with Crippen molar-refractivity contribution in [1.29, 1.82) is 0 Å². The van der Waals surface area contributed by atoms with Crippen molar-refractivity contribution < 1.29 is 14.0 Å². The van der Waals surface area contributed by atoms with Gasteiger partial charge in [-0.15, -0.1) is 11.6 Å². The molecule has 0 saturated heterocycles. The summed E-state index contributed by atoms with van der Waals surface area (Å²) in [5, 5.41) is 9.26. The zero-order chi connectivity index (χ0) is 26.4. The summed E-state index contributed by atoms with van der Waals surface area (Å²) in [6.45, 7) is 0. The molecule has 6 rings (SSSR count). The van der Waals surface area contributed by atoms with Gasteiger partial charge < -0.3 is 10.6 Å². The van der Waals surface area contributed by atoms with E-state index in [0.29, 0.717) is 39.2 Å². The van der Waals surface area contributed by atoms with Gasteiger partial charge in [-0.2, -0.15) is 5.10 Å². The molecule has 0 saturated carbocycles. The van der Waals surface area contributed by atoms with E-state index in [2.05, 4.69) is 20.7 Å². The number of rotatable bonds is 5. The number of hydrogen-bond acceptors (Lipinski definition) is 4. The smallest absolute Gasteiger partial charge is 0.252 e. The highest BCUT2D eigenvalue weighted by Gasteiger charge is 2.35. The number of anilines is 1. The minimum atomic E-state index is -0.983. The van der Waals surface area contributed by atoms with Crippen LogP contribution in [0, 0.1) is 5.82 Å². The van der Waals surface area contributed by atoms with Gasteiger partial charge >= 0.3 is 0 Å². The second kappa shape index (κ2) is 9.55. The molecule has 3 aromatic carbocycles. The molecule has 1 aliphatic heterocycles. The van der Waals surface area contributed by atoms with E-state index in [1.54, 1.807) is 53.2 Å². The summed E-state index contributed by atoms with van der Waals surface area (Å²) in [6, 6.07) is 19.2. The van der Waals surface area contributed by atoms with Crippen molar-refractivity contribution in [3.05, 3.63) is 118 Å². The van der Waals surface area contributed by atoms with Gasteiger partial charge in [0.2, 0.25) is 5.91 Å². The number of amides is 2. The Morgan fingerprint density at radius 2 is 1.87 bits per heavy atom. The Bertz CT molecular complexity index is 1720. The number of carbonyl (C=O) groups excluding carboxylic acids is 2. The van der Waals surface area contributed by atoms with Gasteiger partial charge in [0.05, 0.1) is 6.04 Å². The maximum atomic E-state index is 14.2. The van der Waals surface area contributed by atoms with Crippen LogP contribution >= 0.6 is 23.2 Å². The number of pyridine rings is 1. The van der Waals surface area contributed by atoms with Gasteiger partial charge in [0.25, 0.3) is 5.91 Å². The maximum absolute atomic E-state index is 14.2. The van der Waals surface area contributed by atoms with Gasteiger partial charge in [-0.25, -0.2) is 13.9 Å². The van der Waals surface area contributed by atoms with Crippen LogP contribution in [0.25, 0.3) is 16.8 Å². The standard InChI is InChI=1S/C28H18Cl2FN5O2/c29-21-8-7-18(31)12-19(21)26-24-20(27(37)35-26)10-17(16-6-9-23-32-14-33-36(23)13-16)11-22(24)34-28(38)25(30)15-4-2-1-3-5-15/h1-14,25-26H,(H,34,38)(H,35,37). The topological polar surface area (TPSA) is 88.4 Å². The first-order chi connectivity index (χ1) is 18.4. The summed E-state index contributed by atoms with van der Waals surface area (Å²) >= 11 is 12.9. The second-order valence-corrected chi connectivity index (χ2v) is 9.64. The number of hydrogen-bond donors (Lipinski definition) is 2. The highest BCUT2D eigenvalue weighted by molar-refractivity contribution is 6.33. The van der Waals surface area contributed by atoms with Crippen LogP contribution in [0.2, 0.25) is 5.02 Å². The number of fused-ring (bicyclic) bond motifs is 2. The second-order valence-electron chi connectivity index (χ2n) is 8.80. The van der Waals surface area contributed by atoms with Gasteiger partial charge in [-0.05, 0) is 53.6 Å². The summed E-state index contributed by atoms with van der Waals surface area (Å²) in [4.78, 5) is 30.6. The number of carbonyl (C=O) groups is 2. The van der Waals surface area contributed by atoms with Crippen molar-refractivity contribution in [3.8, 4) is 11.1 Å². The van der Waals surface area contributed by atoms with Crippen molar-refractivity contribution in [1.82, 2.24) is 19.9 Å². The normalized spacial score (nSPS) is 15.2. The molecule has 0 fully saturated rings. The van der Waals surface area contributed by atoms with Crippen LogP contribution in [0.3, 0.4) is 0 Å². The fraction of sp³-hybridized carbons (Fsp3) is 0.0714. The van der Waals surface area contributed by atoms with Crippen LogP contribution in [0.1, 0.15) is 38.5 Å². The number of nitrogens with zero attached hydrogens (tertiary/aromatic N) is 3. The predicted octanol–water partition coefficient (Wildman–Crippen LogP) is 5.94. The highest BCUT2D eigenvalue weighted by Crippen LogP contribution is 2.42. The lowest BCUT2D eigenvalue weighted by Crippen LogP contribution is -2.22. The molecule has 0 spiro atoms. The van der Waals surface area contributed by atoms with E-state index in [-0.39, 0.29) is 10.9 Å². The SMILES string of the molecule is O=C1NC(c2cc(F)ccc2Cl)c2c(NC(=O)C(Cl)c3ccccc3)cc(-c3ccc4ncnn4c3)cc21. The molecular formula is C28H18Cl2FN5O2. The summed E-state index contributed by atoms with van der Waals surface area (Å²) in [5.41, 5.74) is 4.20. The third-order valence-electron chi connectivity index (χ3n) is 6.45. The summed E-state index contributed by atoms with van der Waals surface area (Å²) < 4.78 is 15.8. The zero-order valence-electron chi connectivity index (χ0n) is 19.5. The number of halogens is 3. The minimum absolute atomic E-state index is 0.280. The van der Waals surface area contributed by atoms with Gasteiger partial charge in [0.1, 0.15) is 17.5 Å². The fourth-order valence-electron chi connectivity index (χ4n) is 4.63. The number of nitrogens with one attached hydrogen (secondary N) is 2. The van der Waals surface area contributed by atoms with E-state index in [1.807, 2.05) is 12.1 Å². The van der Waals surface area contributed by atoms with Crippen molar-refractivity contribution >= 4 is 46.4 Å². The predicted molar refractivity (Wildman–Crippen MR) is 143 cm³/mol. The molecule has 0 radical (unpaired) electrons. The molecule has 5 aromatic rings. The quantitative estimate of drug-likeness (QED) is 0.267. The average molecular weight is 546 g/mol. The first-order valence-electron chi connectivity index (χ1n) is 11.6. The Labute approximate surface area is 226 Å². The molecule has 2 N–H and O–H groups in total. The summed E-state index contributed by atoms with van der Waals surface area (Å²) in [7, 11) is 0. The van der Waals surface area contributed by atoms with Crippen LogP contribution < -0.4 is 10.6 Å². The number of alkyl halides is 1. The molecule has 188 valence electrons. The molecule has 0 bridgehead atoms. The Hall–Kier alpha value is -4.27. The summed E-state index contributed by atoms with van der Waals surface area (Å²) in [5.74, 6) is -1.36. The molecular weight excluding hydrogens is 528 g/mol. The van der Waals surface area contributed by atoms with Crippen LogP contribution in [-0.2, 0) is 4.79 Å². The lowest BCUT2D eigenvalue weighted by atomic mass is 9.93. The van der Waals surface area contributed by atoms with E-state index in [4.69, 9.17) is 23.2 Å². The first-order valence-corrected chi connectivity index (χ1v) is 12.4. The monoisotopic (exact) mass is 545 g/mol. The molecule has 2 unspecified atom stereocenters. The molecule has 2 amide bonds. The number of benzene rings is 3. The highest BCUT2D eigenvalue weighted by atomic mass is 35.5. The fourth-order valence-corrected chi connectivity index (χ4v) is 5.06. The van der Waals surface area contributed by atoms with E-state index in [0.717, 1.165) is 5.56 Å². The van der Waals surface area contributed by atoms with Crippen molar-refractivity contribution in [3.63, 3.8) is 0 Å². The van der Waals surface area contributed by atoms with Crippen LogP contribution in [-0.4, -0.2) is 26.4 Å². The van der Waals surface area contributed by atoms with Gasteiger partial charge in [-0.3, -0.25) is 9.59 Å². The van der Waals surface area contributed by atoms with Crippen molar-refractivity contribution in [2.45, 2.75) is 11.4 Å². The molecule has 3 heterocycles. The zero-order valence-corrected chi connectivity index (χ0v) is 21.0. The van der Waals surface area contributed by atoms with E-state index in [1.165, 1.54) is 24.5 Å². The van der Waals surface area contributed by atoms with Gasteiger partial charge in [-0.1, -0.05) is 41.9 Å². The molecule has 38 heavy (non-hydrogen) atoms. The van der Waals surface area contributed by atoms with Gasteiger partial charge in [0.15, 0.2) is 5.65 Å². The Balaban J connectivity index is 1.49. The van der Waals surface area contributed by atoms with Crippen LogP contribution in [0.4, 0.5) is 10.1 Å². The van der Waals surface area contributed by atoms with Crippen molar-refractivity contribution in [2.75, 3.05) is 5.32 Å². The van der Waals surface area contributed by atoms with Crippen LogP contribution in [0.5, 0.6) is 0 Å². The van der Waals surface area contributed by atoms with E-state index >= 15 is 0 Å². The molecule has 1 aliphatic rings. The third kappa shape index (κ3) is 4.27. The Morgan fingerprint density at radius 1 is 1.05 bits per heavy atom. The van der Waals surface area contributed by atoms with E-state index < -0.39 is 23.1 Å². The molecule has 2 aromatic heterocycles. The first kappa shape index (κ1) is 24.1. The lowest BCUT2D eigenvalue weighted by Gasteiger charge is -2.20. The van der Waals surface area contributed by atoms with Crippen LogP contribution in [0.15, 0.2) is 85.3 Å². The Morgan fingerprint density at radius 3 is 2.68 bits per heavy atom. The molecule has 0 aliphatic carbocycles. The van der Waals surface area contributed by atoms with Crippen molar-refractivity contribution in [2.24, 2.45) is 0 Å². The van der Waals surface area contributed by atoms with E-state index in [9.17, 15) is 14.0 Å². The largest absolute Gasteiger partial charge is 0.341 e. The Kier molecular flexibility index (Phi) is 6.06. The lowest BCUT2D eigenvalue weighted by molar-refractivity contribution is -0.116. The number of aromatic nitrogens is 3. The van der Waals surface area contributed by atoms with Gasteiger partial charge in [0, 0.05) is 39.2 Å². The molecule has 10 heteroatoms. The summed E-state index contributed by atoms with van der Waals surface area (Å²) in [6.07, 6.45) is 3.22.